The van der Waals surface area contributed by atoms with Crippen LogP contribution in [0.15, 0.2) is 23.2 Å². The standard InChI is InChI=1S/C11H13ClN2O4S/c12-11-9(2-1-6-13-11)19(17,18)14(8-3-4-8)7-5-10(15)16/h1-2,6,8H,3-5,7H2,(H,15,16). The number of hydrogen-bond acceptors (Lipinski definition) is 4. The smallest absolute Gasteiger partial charge is 0.304 e. The molecule has 104 valence electrons. The average molecular weight is 305 g/mol. The number of carbonyl (C=O) groups is 1. The molecule has 8 heteroatoms. The van der Waals surface area contributed by atoms with E-state index in [1.165, 1.54) is 22.6 Å². The van der Waals surface area contributed by atoms with Gasteiger partial charge in [0, 0.05) is 18.8 Å². The second-order valence-electron chi connectivity index (χ2n) is 4.28. The molecule has 6 nitrogen and oxygen atoms in total. The third-order valence-electron chi connectivity index (χ3n) is 2.81. The molecule has 1 aromatic rings. The van der Waals surface area contributed by atoms with Gasteiger partial charge in [-0.15, -0.1) is 0 Å². The minimum atomic E-state index is -3.79. The van der Waals surface area contributed by atoms with Crippen molar-refractivity contribution in [1.82, 2.24) is 9.29 Å². The quantitative estimate of drug-likeness (QED) is 0.802. The zero-order valence-electron chi connectivity index (χ0n) is 9.99. The number of carboxylic acids is 1. The molecule has 1 heterocycles. The van der Waals surface area contributed by atoms with Gasteiger partial charge in [-0.05, 0) is 25.0 Å². The molecule has 0 bridgehead atoms. The number of pyridine rings is 1. The minimum Gasteiger partial charge on any atom is -0.481 e. The zero-order valence-corrected chi connectivity index (χ0v) is 11.6. The molecule has 1 fully saturated rings. The number of sulfonamides is 1. The van der Waals surface area contributed by atoms with E-state index >= 15 is 0 Å². The molecule has 0 unspecified atom stereocenters. The Bertz CT molecular complexity index is 586. The van der Waals surface area contributed by atoms with Crippen molar-refractivity contribution in [3.63, 3.8) is 0 Å². The molecule has 1 saturated carbocycles. The number of carboxylic acid groups (broad SMARTS) is 1. The summed E-state index contributed by atoms with van der Waals surface area (Å²) < 4.78 is 26.1. The first kappa shape index (κ1) is 14.2. The van der Waals surface area contributed by atoms with E-state index in [2.05, 4.69) is 4.98 Å². The van der Waals surface area contributed by atoms with Crippen LogP contribution in [0.25, 0.3) is 0 Å². The summed E-state index contributed by atoms with van der Waals surface area (Å²) >= 11 is 5.81. The summed E-state index contributed by atoms with van der Waals surface area (Å²) in [6, 6.07) is 2.74. The summed E-state index contributed by atoms with van der Waals surface area (Å²) in [5, 5.41) is 8.60. The Labute approximate surface area is 116 Å². The average Bonchev–Trinajstić information content (AvgIpc) is 3.13. The van der Waals surface area contributed by atoms with Crippen molar-refractivity contribution in [3.8, 4) is 0 Å². The molecule has 0 atom stereocenters. The maximum Gasteiger partial charge on any atom is 0.304 e. The molecule has 0 amide bonds. The maximum atomic E-state index is 12.5. The second kappa shape index (κ2) is 5.44. The molecule has 1 aliphatic carbocycles. The van der Waals surface area contributed by atoms with Gasteiger partial charge in [-0.3, -0.25) is 4.79 Å². The monoisotopic (exact) mass is 304 g/mol. The van der Waals surface area contributed by atoms with Crippen molar-refractivity contribution in [1.29, 1.82) is 0 Å². The molecule has 2 rings (SSSR count). The van der Waals surface area contributed by atoms with Gasteiger partial charge in [-0.25, -0.2) is 13.4 Å². The van der Waals surface area contributed by atoms with Gasteiger partial charge in [0.05, 0.1) is 6.42 Å². The number of aliphatic carboxylic acids is 1. The summed E-state index contributed by atoms with van der Waals surface area (Å²) in [5.74, 6) is -1.03. The first-order valence-corrected chi connectivity index (χ1v) is 7.59. The van der Waals surface area contributed by atoms with Crippen LogP contribution in [0.5, 0.6) is 0 Å². The summed E-state index contributed by atoms with van der Waals surface area (Å²) in [6.45, 7) is -0.0481. The Hall–Kier alpha value is -1.18. The van der Waals surface area contributed by atoms with Crippen molar-refractivity contribution in [2.45, 2.75) is 30.2 Å². The first-order valence-electron chi connectivity index (χ1n) is 5.77. The predicted molar refractivity (Wildman–Crippen MR) is 68.4 cm³/mol. The Morgan fingerprint density at radius 1 is 1.53 bits per heavy atom. The third kappa shape index (κ3) is 3.23. The summed E-state index contributed by atoms with van der Waals surface area (Å²) in [7, 11) is -3.79. The summed E-state index contributed by atoms with van der Waals surface area (Å²) in [4.78, 5) is 14.3. The molecule has 1 aromatic heterocycles. The van der Waals surface area contributed by atoms with Crippen LogP contribution in [-0.2, 0) is 14.8 Å². The highest BCUT2D eigenvalue weighted by molar-refractivity contribution is 7.89. The lowest BCUT2D eigenvalue weighted by atomic mass is 10.4. The fraction of sp³-hybridized carbons (Fsp3) is 0.455. The van der Waals surface area contributed by atoms with Crippen LogP contribution in [0.3, 0.4) is 0 Å². The Kier molecular flexibility index (Phi) is 4.07. The first-order chi connectivity index (χ1) is 8.93. The van der Waals surface area contributed by atoms with E-state index in [1.807, 2.05) is 0 Å². The van der Waals surface area contributed by atoms with Gasteiger partial charge in [0.1, 0.15) is 10.0 Å². The van der Waals surface area contributed by atoms with Gasteiger partial charge in [0.15, 0.2) is 0 Å². The van der Waals surface area contributed by atoms with E-state index in [1.54, 1.807) is 0 Å². The Morgan fingerprint density at radius 2 is 2.21 bits per heavy atom. The van der Waals surface area contributed by atoms with Crippen LogP contribution in [0.1, 0.15) is 19.3 Å². The summed E-state index contributed by atoms with van der Waals surface area (Å²) in [5.41, 5.74) is 0. The van der Waals surface area contributed by atoms with E-state index < -0.39 is 16.0 Å². The fourth-order valence-electron chi connectivity index (χ4n) is 1.76. The van der Waals surface area contributed by atoms with Crippen LogP contribution in [0.4, 0.5) is 0 Å². The van der Waals surface area contributed by atoms with Crippen molar-refractivity contribution in [3.05, 3.63) is 23.5 Å². The van der Waals surface area contributed by atoms with Crippen LogP contribution in [-0.4, -0.2) is 41.4 Å². The third-order valence-corrected chi connectivity index (χ3v) is 5.21. The largest absolute Gasteiger partial charge is 0.481 e. The number of aromatic nitrogens is 1. The lowest BCUT2D eigenvalue weighted by Crippen LogP contribution is -2.35. The van der Waals surface area contributed by atoms with Crippen LogP contribution < -0.4 is 0 Å². The predicted octanol–water partition coefficient (Wildman–Crippen LogP) is 1.36. The highest BCUT2D eigenvalue weighted by atomic mass is 35.5. The van der Waals surface area contributed by atoms with Crippen molar-refractivity contribution < 1.29 is 18.3 Å². The normalized spacial score (nSPS) is 15.7. The van der Waals surface area contributed by atoms with Gasteiger partial charge >= 0.3 is 5.97 Å². The van der Waals surface area contributed by atoms with Crippen molar-refractivity contribution in [2.75, 3.05) is 6.54 Å². The Balaban J connectivity index is 2.29. The molecule has 19 heavy (non-hydrogen) atoms. The molecule has 0 aromatic carbocycles. The molecule has 0 saturated heterocycles. The fourth-order valence-corrected chi connectivity index (χ4v) is 3.87. The van der Waals surface area contributed by atoms with Gasteiger partial charge < -0.3 is 5.11 Å². The molecule has 0 aliphatic heterocycles. The highest BCUT2D eigenvalue weighted by Crippen LogP contribution is 2.33. The molecule has 0 spiro atoms. The second-order valence-corrected chi connectivity index (χ2v) is 6.50. The van der Waals surface area contributed by atoms with Gasteiger partial charge in [0.2, 0.25) is 10.0 Å². The van der Waals surface area contributed by atoms with E-state index in [0.29, 0.717) is 0 Å². The number of rotatable bonds is 6. The maximum absolute atomic E-state index is 12.5. The molecule has 1 N–H and O–H groups in total. The van der Waals surface area contributed by atoms with Crippen LogP contribution in [0.2, 0.25) is 5.15 Å². The minimum absolute atomic E-state index is 0.0481. The highest BCUT2D eigenvalue weighted by Gasteiger charge is 2.39. The van der Waals surface area contributed by atoms with Gasteiger partial charge in [-0.2, -0.15) is 4.31 Å². The van der Waals surface area contributed by atoms with E-state index in [0.717, 1.165) is 12.8 Å². The van der Waals surface area contributed by atoms with E-state index in [-0.39, 0.29) is 29.1 Å². The Morgan fingerprint density at radius 3 is 2.74 bits per heavy atom. The molecule has 1 aliphatic rings. The number of nitrogens with zero attached hydrogens (tertiary/aromatic N) is 2. The molecule has 0 radical (unpaired) electrons. The lowest BCUT2D eigenvalue weighted by Gasteiger charge is -2.21. The van der Waals surface area contributed by atoms with E-state index in [4.69, 9.17) is 16.7 Å². The van der Waals surface area contributed by atoms with Crippen molar-refractivity contribution >= 4 is 27.6 Å². The number of hydrogen-bond donors (Lipinski definition) is 1. The van der Waals surface area contributed by atoms with Gasteiger partial charge in [0.25, 0.3) is 0 Å². The summed E-state index contributed by atoms with van der Waals surface area (Å²) in [6.07, 6.45) is 2.67. The van der Waals surface area contributed by atoms with Crippen LogP contribution >= 0.6 is 11.6 Å². The lowest BCUT2D eigenvalue weighted by molar-refractivity contribution is -0.137. The van der Waals surface area contributed by atoms with Crippen LogP contribution in [0, 0.1) is 0 Å². The van der Waals surface area contributed by atoms with Crippen molar-refractivity contribution in [2.24, 2.45) is 0 Å². The zero-order chi connectivity index (χ0) is 14.0. The number of halogens is 1. The van der Waals surface area contributed by atoms with E-state index in [9.17, 15) is 13.2 Å². The molecular weight excluding hydrogens is 292 g/mol. The topological polar surface area (TPSA) is 87.6 Å². The SMILES string of the molecule is O=C(O)CCN(C1CC1)S(=O)(=O)c1cccnc1Cl. The molecular formula is C11H13ClN2O4S. The van der Waals surface area contributed by atoms with Gasteiger partial charge in [-0.1, -0.05) is 11.6 Å².